The van der Waals surface area contributed by atoms with Gasteiger partial charge in [0.25, 0.3) is 5.91 Å². The number of amides is 2. The summed E-state index contributed by atoms with van der Waals surface area (Å²) in [4.78, 5) is 49.1. The van der Waals surface area contributed by atoms with E-state index in [9.17, 15) is 24.3 Å². The van der Waals surface area contributed by atoms with Gasteiger partial charge in [0.15, 0.2) is 0 Å². The lowest BCUT2D eigenvalue weighted by molar-refractivity contribution is -0.138. The first-order valence-electron chi connectivity index (χ1n) is 9.02. The summed E-state index contributed by atoms with van der Waals surface area (Å²) in [5.74, 6) is -3.01. The van der Waals surface area contributed by atoms with E-state index >= 15 is 0 Å². The van der Waals surface area contributed by atoms with Crippen LogP contribution in [0.15, 0.2) is 54.6 Å². The number of ether oxygens (including phenoxy) is 1. The maximum absolute atomic E-state index is 13.1. The number of carboxylic acids is 1. The minimum absolute atomic E-state index is 0.150. The number of nitrogens with two attached hydrogens (primary N) is 1. The summed E-state index contributed by atoms with van der Waals surface area (Å²) in [6, 6.07) is 12.7. The maximum Gasteiger partial charge on any atom is 0.338 e. The van der Waals surface area contributed by atoms with Gasteiger partial charge in [-0.15, -0.1) is 0 Å². The second kappa shape index (κ2) is 10.0. The molecule has 8 nitrogen and oxygen atoms in total. The smallest absolute Gasteiger partial charge is 0.338 e. The van der Waals surface area contributed by atoms with Crippen molar-refractivity contribution in [3.05, 3.63) is 65.7 Å². The van der Waals surface area contributed by atoms with Crippen molar-refractivity contribution in [2.45, 2.75) is 25.8 Å². The molecule has 0 aliphatic carbocycles. The van der Waals surface area contributed by atoms with E-state index in [4.69, 9.17) is 10.5 Å². The molecule has 2 aromatic carbocycles. The molecule has 0 saturated carbocycles. The molecule has 2 aromatic rings. The molecule has 2 rings (SSSR count). The molecule has 0 aliphatic heterocycles. The van der Waals surface area contributed by atoms with Crippen LogP contribution in [-0.2, 0) is 14.3 Å². The molecule has 29 heavy (non-hydrogen) atoms. The van der Waals surface area contributed by atoms with Crippen LogP contribution in [0.2, 0.25) is 0 Å². The first-order chi connectivity index (χ1) is 13.8. The zero-order chi connectivity index (χ0) is 21.4. The number of hydrogen-bond donors (Lipinski definition) is 2. The zero-order valence-corrected chi connectivity index (χ0v) is 15.9. The standard InChI is InChI=1S/C21H22N2O6/c1-2-29-21(28)15-8-10-16(11-9-15)23(17(20(26)27)12-13-18(22)24)19(25)14-6-4-3-5-7-14/h3-11,17H,2,12-13H2,1H3,(H2,22,24)(H,26,27)/t17-/m0/s1. The molecule has 1 atom stereocenters. The second-order valence-corrected chi connectivity index (χ2v) is 6.17. The van der Waals surface area contributed by atoms with E-state index in [0.717, 1.165) is 4.90 Å². The molecule has 0 radical (unpaired) electrons. The van der Waals surface area contributed by atoms with Gasteiger partial charge in [-0.3, -0.25) is 14.5 Å². The number of nitrogens with zero attached hydrogens (tertiary/aromatic N) is 1. The number of carbonyl (C=O) groups excluding carboxylic acids is 3. The van der Waals surface area contributed by atoms with Gasteiger partial charge in [0, 0.05) is 17.7 Å². The second-order valence-electron chi connectivity index (χ2n) is 6.17. The van der Waals surface area contributed by atoms with Crippen molar-refractivity contribution in [1.82, 2.24) is 0 Å². The Labute approximate surface area is 167 Å². The average Bonchev–Trinajstić information content (AvgIpc) is 2.71. The Bertz CT molecular complexity index is 880. The molecular formula is C21H22N2O6. The number of carbonyl (C=O) groups is 4. The molecule has 2 amide bonds. The van der Waals surface area contributed by atoms with Crippen LogP contribution in [0.3, 0.4) is 0 Å². The molecule has 0 fully saturated rings. The number of rotatable bonds is 9. The van der Waals surface area contributed by atoms with Gasteiger partial charge in [-0.2, -0.15) is 0 Å². The summed E-state index contributed by atoms with van der Waals surface area (Å²) in [5, 5.41) is 9.71. The molecule has 0 aliphatic rings. The molecule has 8 heteroatoms. The fourth-order valence-electron chi connectivity index (χ4n) is 2.77. The first kappa shape index (κ1) is 21.6. The lowest BCUT2D eigenvalue weighted by Gasteiger charge is -2.29. The largest absolute Gasteiger partial charge is 0.480 e. The third kappa shape index (κ3) is 5.65. The summed E-state index contributed by atoms with van der Waals surface area (Å²) in [6.45, 7) is 1.90. The lowest BCUT2D eigenvalue weighted by Crippen LogP contribution is -2.46. The van der Waals surface area contributed by atoms with Crippen molar-refractivity contribution in [3.8, 4) is 0 Å². The first-order valence-corrected chi connectivity index (χ1v) is 9.02. The molecule has 0 aromatic heterocycles. The maximum atomic E-state index is 13.1. The number of primary amides is 1. The van der Waals surface area contributed by atoms with Crippen molar-refractivity contribution in [2.75, 3.05) is 11.5 Å². The molecule has 0 unspecified atom stereocenters. The van der Waals surface area contributed by atoms with Gasteiger partial charge in [0.1, 0.15) is 6.04 Å². The summed E-state index contributed by atoms with van der Waals surface area (Å²) >= 11 is 0. The Balaban J connectivity index is 2.45. The van der Waals surface area contributed by atoms with Crippen LogP contribution in [-0.4, -0.2) is 41.5 Å². The van der Waals surface area contributed by atoms with E-state index in [0.29, 0.717) is 0 Å². The normalized spacial score (nSPS) is 11.3. The highest BCUT2D eigenvalue weighted by Crippen LogP contribution is 2.24. The van der Waals surface area contributed by atoms with E-state index in [-0.39, 0.29) is 36.3 Å². The highest BCUT2D eigenvalue weighted by atomic mass is 16.5. The van der Waals surface area contributed by atoms with Crippen LogP contribution in [0.1, 0.15) is 40.5 Å². The van der Waals surface area contributed by atoms with Crippen LogP contribution < -0.4 is 10.6 Å². The topological polar surface area (TPSA) is 127 Å². The van der Waals surface area contributed by atoms with Crippen LogP contribution in [0.25, 0.3) is 0 Å². The number of esters is 1. The Morgan fingerprint density at radius 1 is 1.00 bits per heavy atom. The molecule has 0 bridgehead atoms. The van der Waals surface area contributed by atoms with E-state index < -0.39 is 29.8 Å². The van der Waals surface area contributed by atoms with Crippen molar-refractivity contribution >= 4 is 29.4 Å². The van der Waals surface area contributed by atoms with Gasteiger partial charge in [-0.25, -0.2) is 9.59 Å². The van der Waals surface area contributed by atoms with Gasteiger partial charge in [0.05, 0.1) is 12.2 Å². The van der Waals surface area contributed by atoms with Crippen molar-refractivity contribution in [1.29, 1.82) is 0 Å². The Morgan fingerprint density at radius 2 is 1.62 bits per heavy atom. The third-order valence-corrected chi connectivity index (χ3v) is 4.16. The molecule has 0 heterocycles. The highest BCUT2D eigenvalue weighted by molar-refractivity contribution is 6.09. The van der Waals surface area contributed by atoms with Crippen LogP contribution in [0.4, 0.5) is 5.69 Å². The molecular weight excluding hydrogens is 376 g/mol. The molecule has 0 saturated heterocycles. The van der Waals surface area contributed by atoms with Crippen molar-refractivity contribution in [3.63, 3.8) is 0 Å². The van der Waals surface area contributed by atoms with E-state index in [1.807, 2.05) is 0 Å². The van der Waals surface area contributed by atoms with Crippen molar-refractivity contribution in [2.24, 2.45) is 5.73 Å². The minimum Gasteiger partial charge on any atom is -0.480 e. The van der Waals surface area contributed by atoms with Crippen LogP contribution in [0, 0.1) is 0 Å². The number of anilines is 1. The van der Waals surface area contributed by atoms with E-state index in [1.54, 1.807) is 37.3 Å². The monoisotopic (exact) mass is 398 g/mol. The Kier molecular flexibility index (Phi) is 7.47. The van der Waals surface area contributed by atoms with Gasteiger partial charge < -0.3 is 15.6 Å². The number of hydrogen-bond acceptors (Lipinski definition) is 5. The predicted molar refractivity (Wildman–Crippen MR) is 106 cm³/mol. The molecule has 0 spiro atoms. The molecule has 3 N–H and O–H groups in total. The third-order valence-electron chi connectivity index (χ3n) is 4.16. The highest BCUT2D eigenvalue weighted by Gasteiger charge is 2.32. The van der Waals surface area contributed by atoms with Gasteiger partial charge >= 0.3 is 11.9 Å². The van der Waals surface area contributed by atoms with Crippen LogP contribution >= 0.6 is 0 Å². The van der Waals surface area contributed by atoms with Crippen molar-refractivity contribution < 1.29 is 29.0 Å². The van der Waals surface area contributed by atoms with E-state index in [2.05, 4.69) is 0 Å². The Morgan fingerprint density at radius 3 is 2.14 bits per heavy atom. The fraction of sp³-hybridized carbons (Fsp3) is 0.238. The summed E-state index contributed by atoms with van der Waals surface area (Å²) in [5.41, 5.74) is 5.98. The quantitative estimate of drug-likeness (QED) is 0.624. The SMILES string of the molecule is CCOC(=O)c1ccc(N(C(=O)c2ccccc2)[C@@H](CCC(N)=O)C(=O)O)cc1. The lowest BCUT2D eigenvalue weighted by atomic mass is 10.0. The molecule has 152 valence electrons. The zero-order valence-electron chi connectivity index (χ0n) is 15.9. The van der Waals surface area contributed by atoms with Gasteiger partial charge in [0.2, 0.25) is 5.91 Å². The summed E-state index contributed by atoms with van der Waals surface area (Å²) in [6.07, 6.45) is -0.348. The Hall–Kier alpha value is -3.68. The predicted octanol–water partition coefficient (Wildman–Crippen LogP) is 2.23. The minimum atomic E-state index is -1.32. The summed E-state index contributed by atoms with van der Waals surface area (Å²) < 4.78 is 4.93. The van der Waals surface area contributed by atoms with Gasteiger partial charge in [-0.1, -0.05) is 18.2 Å². The number of carboxylic acid groups (broad SMARTS) is 1. The summed E-state index contributed by atoms with van der Waals surface area (Å²) in [7, 11) is 0. The fourth-order valence-corrected chi connectivity index (χ4v) is 2.77. The average molecular weight is 398 g/mol. The number of benzene rings is 2. The van der Waals surface area contributed by atoms with Gasteiger partial charge in [-0.05, 0) is 49.7 Å². The van der Waals surface area contributed by atoms with Crippen LogP contribution in [0.5, 0.6) is 0 Å². The van der Waals surface area contributed by atoms with E-state index in [1.165, 1.54) is 24.3 Å². The number of aliphatic carboxylic acids is 1.